The zero-order valence-electron chi connectivity index (χ0n) is 23.5. The van der Waals surface area contributed by atoms with E-state index in [1.807, 2.05) is 0 Å². The van der Waals surface area contributed by atoms with Crippen molar-refractivity contribution in [3.8, 4) is 28.2 Å². The van der Waals surface area contributed by atoms with Crippen LogP contribution in [0.2, 0.25) is 0 Å². The molecule has 2 heterocycles. The van der Waals surface area contributed by atoms with Gasteiger partial charge in [0.15, 0.2) is 11.0 Å². The molecule has 190 valence electrons. The second-order valence-electron chi connectivity index (χ2n) is 12.2. The minimum absolute atomic E-state index is 0.0130. The Morgan fingerprint density at radius 2 is 1.26 bits per heavy atom. The SMILES string of the molecule is CCC1(C)c2ccccc2-c2n(-c3cccc4c3C(C)(C)c3ccccc3-4)c3ccccc3[n+]2C1(C)CC. The lowest BCUT2D eigenvalue weighted by Gasteiger charge is -2.47. The molecule has 1 aliphatic heterocycles. The van der Waals surface area contributed by atoms with Gasteiger partial charge in [0.25, 0.3) is 5.82 Å². The Kier molecular flexibility index (Phi) is 4.75. The second kappa shape index (κ2) is 7.69. The Morgan fingerprint density at radius 3 is 2.00 bits per heavy atom. The van der Waals surface area contributed by atoms with Crippen LogP contribution in [0.25, 0.3) is 39.2 Å². The molecule has 7 rings (SSSR count). The molecule has 0 N–H and O–H groups in total. The number of hydrogen-bond donors (Lipinski definition) is 0. The van der Waals surface area contributed by atoms with Gasteiger partial charge in [0.1, 0.15) is 11.2 Å². The molecule has 2 aliphatic rings. The Balaban J connectivity index is 1.67. The maximum absolute atomic E-state index is 2.70. The predicted octanol–water partition coefficient (Wildman–Crippen LogP) is 8.70. The summed E-state index contributed by atoms with van der Waals surface area (Å²) in [7, 11) is 0. The molecule has 1 aromatic heterocycles. The fraction of sp³-hybridized carbons (Fsp3) is 0.306. The van der Waals surface area contributed by atoms with E-state index in [9.17, 15) is 0 Å². The molecule has 4 aromatic carbocycles. The number of fused-ring (bicyclic) bond motifs is 8. The van der Waals surface area contributed by atoms with Gasteiger partial charge in [-0.25, -0.2) is 4.57 Å². The predicted molar refractivity (Wildman–Crippen MR) is 158 cm³/mol. The van der Waals surface area contributed by atoms with Crippen molar-refractivity contribution >= 4 is 11.0 Å². The van der Waals surface area contributed by atoms with Gasteiger partial charge in [0.2, 0.25) is 0 Å². The van der Waals surface area contributed by atoms with E-state index >= 15 is 0 Å². The lowest BCUT2D eigenvalue weighted by molar-refractivity contribution is -0.743. The van der Waals surface area contributed by atoms with Crippen molar-refractivity contribution in [2.75, 3.05) is 0 Å². The van der Waals surface area contributed by atoms with Gasteiger partial charge in [-0.15, -0.1) is 0 Å². The summed E-state index contributed by atoms with van der Waals surface area (Å²) in [6.07, 6.45) is 2.14. The first-order chi connectivity index (χ1) is 18.3. The maximum atomic E-state index is 2.70. The summed E-state index contributed by atoms with van der Waals surface area (Å²) in [5.74, 6) is 1.30. The number of rotatable bonds is 3. The van der Waals surface area contributed by atoms with Crippen molar-refractivity contribution in [1.29, 1.82) is 0 Å². The summed E-state index contributed by atoms with van der Waals surface area (Å²) in [4.78, 5) is 0. The van der Waals surface area contributed by atoms with Crippen LogP contribution < -0.4 is 4.57 Å². The van der Waals surface area contributed by atoms with E-state index in [0.717, 1.165) is 12.8 Å². The number of hydrogen-bond acceptors (Lipinski definition) is 0. The highest BCUT2D eigenvalue weighted by molar-refractivity contribution is 5.87. The Labute approximate surface area is 226 Å². The molecule has 2 heteroatoms. The van der Waals surface area contributed by atoms with E-state index in [4.69, 9.17) is 0 Å². The molecule has 0 radical (unpaired) electrons. The third-order valence-corrected chi connectivity index (χ3v) is 10.4. The van der Waals surface area contributed by atoms with Crippen LogP contribution >= 0.6 is 0 Å². The van der Waals surface area contributed by atoms with Crippen LogP contribution in [0.5, 0.6) is 0 Å². The first kappa shape index (κ1) is 23.5. The molecule has 0 spiro atoms. The zero-order chi connectivity index (χ0) is 26.4. The number of para-hydroxylation sites is 2. The van der Waals surface area contributed by atoms with Crippen LogP contribution in [0.3, 0.4) is 0 Å². The van der Waals surface area contributed by atoms with Gasteiger partial charge in [0.05, 0.1) is 5.56 Å². The lowest BCUT2D eigenvalue weighted by Crippen LogP contribution is -2.67. The van der Waals surface area contributed by atoms with E-state index in [0.29, 0.717) is 0 Å². The van der Waals surface area contributed by atoms with E-state index in [-0.39, 0.29) is 16.4 Å². The number of imidazole rings is 1. The Morgan fingerprint density at radius 1 is 0.632 bits per heavy atom. The van der Waals surface area contributed by atoms with Gasteiger partial charge in [-0.3, -0.25) is 0 Å². The number of aromatic nitrogens is 2. The van der Waals surface area contributed by atoms with E-state index in [1.54, 1.807) is 0 Å². The first-order valence-corrected chi connectivity index (χ1v) is 14.2. The highest BCUT2D eigenvalue weighted by Gasteiger charge is 2.56. The molecule has 1 aliphatic carbocycles. The summed E-state index contributed by atoms with van der Waals surface area (Å²) < 4.78 is 5.28. The zero-order valence-corrected chi connectivity index (χ0v) is 23.5. The summed E-state index contributed by atoms with van der Waals surface area (Å²) in [5.41, 5.74) is 12.1. The summed E-state index contributed by atoms with van der Waals surface area (Å²) >= 11 is 0. The second-order valence-corrected chi connectivity index (χ2v) is 12.2. The minimum Gasteiger partial charge on any atom is -0.216 e. The van der Waals surface area contributed by atoms with Crippen LogP contribution in [0.4, 0.5) is 0 Å². The molecule has 0 fully saturated rings. The van der Waals surface area contributed by atoms with Crippen LogP contribution in [0, 0.1) is 0 Å². The lowest BCUT2D eigenvalue weighted by atomic mass is 9.61. The average molecular weight is 498 g/mol. The molecule has 5 aromatic rings. The number of nitrogens with zero attached hydrogens (tertiary/aromatic N) is 2. The molecule has 2 unspecified atom stereocenters. The summed E-state index contributed by atoms with van der Waals surface area (Å²) in [5, 5.41) is 0. The molecule has 0 saturated carbocycles. The average Bonchev–Trinajstić information content (AvgIpc) is 3.42. The fourth-order valence-electron chi connectivity index (χ4n) is 7.98. The van der Waals surface area contributed by atoms with Crippen molar-refractivity contribution in [3.63, 3.8) is 0 Å². The third-order valence-electron chi connectivity index (χ3n) is 10.4. The smallest absolute Gasteiger partial charge is 0.216 e. The largest absolute Gasteiger partial charge is 0.295 e. The van der Waals surface area contributed by atoms with Gasteiger partial charge in [-0.05, 0) is 66.3 Å². The Hall–Kier alpha value is -3.65. The van der Waals surface area contributed by atoms with Crippen molar-refractivity contribution in [2.45, 2.75) is 70.8 Å². The molecule has 38 heavy (non-hydrogen) atoms. The van der Waals surface area contributed by atoms with Crippen molar-refractivity contribution in [3.05, 3.63) is 108 Å². The topological polar surface area (TPSA) is 8.81 Å². The van der Waals surface area contributed by atoms with Crippen LogP contribution in [-0.4, -0.2) is 4.57 Å². The normalized spacial score (nSPS) is 22.6. The van der Waals surface area contributed by atoms with Crippen LogP contribution in [-0.2, 0) is 16.4 Å². The first-order valence-electron chi connectivity index (χ1n) is 14.2. The molecule has 0 bridgehead atoms. The van der Waals surface area contributed by atoms with Gasteiger partial charge < -0.3 is 0 Å². The van der Waals surface area contributed by atoms with E-state index < -0.39 is 0 Å². The van der Waals surface area contributed by atoms with Crippen molar-refractivity contribution < 1.29 is 4.57 Å². The maximum Gasteiger partial charge on any atom is 0.295 e. The van der Waals surface area contributed by atoms with E-state index in [2.05, 4.69) is 142 Å². The molecular formula is C36H37N2+. The molecule has 0 amide bonds. The minimum atomic E-state index is -0.0916. The Bertz CT molecular complexity index is 1750. The van der Waals surface area contributed by atoms with E-state index in [1.165, 1.54) is 55.9 Å². The number of benzene rings is 4. The van der Waals surface area contributed by atoms with Gasteiger partial charge in [0, 0.05) is 16.4 Å². The third kappa shape index (κ3) is 2.61. The van der Waals surface area contributed by atoms with Crippen molar-refractivity contribution in [2.24, 2.45) is 0 Å². The van der Waals surface area contributed by atoms with Gasteiger partial charge >= 0.3 is 0 Å². The molecule has 2 atom stereocenters. The molecule has 0 saturated heterocycles. The van der Waals surface area contributed by atoms with Crippen LogP contribution in [0.15, 0.2) is 91.0 Å². The van der Waals surface area contributed by atoms with Gasteiger partial charge in [-0.1, -0.05) is 101 Å². The quantitative estimate of drug-likeness (QED) is 0.220. The highest BCUT2D eigenvalue weighted by Crippen LogP contribution is 2.54. The molecular weight excluding hydrogens is 460 g/mol. The van der Waals surface area contributed by atoms with Crippen LogP contribution in [0.1, 0.15) is 71.1 Å². The monoisotopic (exact) mass is 497 g/mol. The highest BCUT2D eigenvalue weighted by atomic mass is 15.2. The fourth-order valence-corrected chi connectivity index (χ4v) is 7.98. The molecule has 2 nitrogen and oxygen atoms in total. The van der Waals surface area contributed by atoms with Gasteiger partial charge in [-0.2, -0.15) is 4.57 Å². The standard InChI is InChI=1S/C36H37N2/c1-7-35(5)28-20-12-10-17-26(28)33-37(29-21-13-14-22-30(29)38(33)36(35,6)8-2)31-23-15-18-25-24-16-9-11-19-27(24)34(3,4)32(25)31/h9-23H,7-8H2,1-6H3/q+1. The van der Waals surface area contributed by atoms with Crippen molar-refractivity contribution in [1.82, 2.24) is 4.57 Å². The summed E-state index contributed by atoms with van der Waals surface area (Å²) in [6.45, 7) is 14.5. The summed E-state index contributed by atoms with van der Waals surface area (Å²) in [6, 6.07) is 34.1.